The number of rotatable bonds is 3. The van der Waals surface area contributed by atoms with Crippen LogP contribution in [0.5, 0.6) is 0 Å². The molecule has 2 N–H and O–H groups in total. The van der Waals surface area contributed by atoms with Crippen LogP contribution in [0.15, 0.2) is 24.3 Å². The second-order valence-corrected chi connectivity index (χ2v) is 4.54. The first-order valence-corrected chi connectivity index (χ1v) is 5.85. The van der Waals surface area contributed by atoms with Gasteiger partial charge in [-0.05, 0) is 43.5 Å². The summed E-state index contributed by atoms with van der Waals surface area (Å²) < 4.78 is 12.9. The molecule has 0 amide bonds. The first kappa shape index (κ1) is 12.0. The largest absolute Gasteiger partial charge is 0.481 e. The van der Waals surface area contributed by atoms with Crippen molar-refractivity contribution in [2.75, 3.05) is 6.54 Å². The van der Waals surface area contributed by atoms with Crippen LogP contribution in [0.25, 0.3) is 0 Å². The molecule has 0 spiro atoms. The van der Waals surface area contributed by atoms with Gasteiger partial charge in [0.2, 0.25) is 0 Å². The third-order valence-electron chi connectivity index (χ3n) is 3.34. The zero-order valence-corrected chi connectivity index (χ0v) is 9.58. The number of piperidine rings is 1. The summed E-state index contributed by atoms with van der Waals surface area (Å²) >= 11 is 0. The van der Waals surface area contributed by atoms with Gasteiger partial charge in [0.15, 0.2) is 0 Å². The van der Waals surface area contributed by atoms with Gasteiger partial charge in [0.1, 0.15) is 5.82 Å². The van der Waals surface area contributed by atoms with E-state index in [2.05, 4.69) is 5.32 Å². The lowest BCUT2D eigenvalue weighted by Crippen LogP contribution is -2.47. The van der Waals surface area contributed by atoms with Crippen LogP contribution in [0, 0.1) is 5.82 Å². The average Bonchev–Trinajstić information content (AvgIpc) is 2.30. The van der Waals surface area contributed by atoms with E-state index in [9.17, 15) is 9.18 Å². The normalized spacial score (nSPS) is 24.5. The number of nitrogens with one attached hydrogen (secondary N) is 1. The Bertz CT molecular complexity index is 396. The highest BCUT2D eigenvalue weighted by Crippen LogP contribution is 2.33. The molecule has 3 nitrogen and oxygen atoms in total. The summed E-state index contributed by atoms with van der Waals surface area (Å²) in [5.41, 5.74) is 0.332. The van der Waals surface area contributed by atoms with Crippen molar-refractivity contribution in [1.29, 1.82) is 0 Å². The maximum Gasteiger partial charge on any atom is 0.305 e. The number of carboxylic acids is 1. The average molecular weight is 237 g/mol. The van der Waals surface area contributed by atoms with Crippen LogP contribution in [0.4, 0.5) is 4.39 Å². The van der Waals surface area contributed by atoms with E-state index in [0.717, 1.165) is 31.4 Å². The van der Waals surface area contributed by atoms with Gasteiger partial charge in [-0.15, -0.1) is 0 Å². The molecule has 1 aliphatic rings. The van der Waals surface area contributed by atoms with Gasteiger partial charge in [0.25, 0.3) is 0 Å². The zero-order valence-electron chi connectivity index (χ0n) is 9.58. The van der Waals surface area contributed by atoms with Crippen molar-refractivity contribution in [3.8, 4) is 0 Å². The van der Waals surface area contributed by atoms with Crippen molar-refractivity contribution in [3.63, 3.8) is 0 Å². The minimum Gasteiger partial charge on any atom is -0.481 e. The molecule has 17 heavy (non-hydrogen) atoms. The Kier molecular flexibility index (Phi) is 3.43. The molecule has 1 heterocycles. The Balaban J connectivity index is 2.31. The van der Waals surface area contributed by atoms with Gasteiger partial charge in [-0.3, -0.25) is 4.79 Å². The van der Waals surface area contributed by atoms with Crippen molar-refractivity contribution in [1.82, 2.24) is 5.32 Å². The molecule has 1 aromatic rings. The molecule has 2 rings (SSSR count). The number of benzene rings is 1. The zero-order chi connectivity index (χ0) is 12.3. The summed E-state index contributed by atoms with van der Waals surface area (Å²) in [6, 6.07) is 6.12. The molecule has 0 saturated carbocycles. The fourth-order valence-electron chi connectivity index (χ4n) is 2.49. The van der Waals surface area contributed by atoms with Crippen molar-refractivity contribution in [3.05, 3.63) is 35.6 Å². The number of aliphatic carboxylic acids is 1. The molecule has 1 aromatic carbocycles. The lowest BCUT2D eigenvalue weighted by Gasteiger charge is -2.38. The molecule has 92 valence electrons. The van der Waals surface area contributed by atoms with Crippen molar-refractivity contribution < 1.29 is 14.3 Å². The highest BCUT2D eigenvalue weighted by Gasteiger charge is 2.35. The predicted molar refractivity (Wildman–Crippen MR) is 62.2 cm³/mol. The Morgan fingerprint density at radius 2 is 2.06 bits per heavy atom. The van der Waals surface area contributed by atoms with Crippen LogP contribution in [-0.4, -0.2) is 17.6 Å². The summed E-state index contributed by atoms with van der Waals surface area (Å²) in [6.07, 6.45) is 2.88. The Hall–Kier alpha value is -1.42. The maximum absolute atomic E-state index is 12.9. The molecule has 0 bridgehead atoms. The van der Waals surface area contributed by atoms with Crippen molar-refractivity contribution in [2.45, 2.75) is 31.2 Å². The number of carbonyl (C=O) groups is 1. The smallest absolute Gasteiger partial charge is 0.305 e. The summed E-state index contributed by atoms with van der Waals surface area (Å²) in [4.78, 5) is 11.0. The highest BCUT2D eigenvalue weighted by atomic mass is 19.1. The summed E-state index contributed by atoms with van der Waals surface area (Å²) in [7, 11) is 0. The SMILES string of the molecule is O=C(O)CC1(c2ccc(F)cc2)CCCCN1. The monoisotopic (exact) mass is 237 g/mol. The molecular formula is C13H16FNO2. The lowest BCUT2D eigenvalue weighted by molar-refractivity contribution is -0.139. The van der Waals surface area contributed by atoms with Gasteiger partial charge >= 0.3 is 5.97 Å². The lowest BCUT2D eigenvalue weighted by atomic mass is 9.80. The molecule has 0 aliphatic carbocycles. The molecular weight excluding hydrogens is 221 g/mol. The first-order chi connectivity index (χ1) is 8.12. The molecule has 1 atom stereocenters. The summed E-state index contributed by atoms with van der Waals surface area (Å²) in [5.74, 6) is -1.13. The summed E-state index contributed by atoms with van der Waals surface area (Å²) in [6.45, 7) is 0.810. The van der Waals surface area contributed by atoms with Gasteiger partial charge in [-0.25, -0.2) is 4.39 Å². The quantitative estimate of drug-likeness (QED) is 0.847. The van der Waals surface area contributed by atoms with Gasteiger partial charge in [-0.2, -0.15) is 0 Å². The molecule has 0 aromatic heterocycles. The van der Waals surface area contributed by atoms with E-state index in [1.54, 1.807) is 12.1 Å². The van der Waals surface area contributed by atoms with E-state index in [0.29, 0.717) is 0 Å². The number of halogens is 1. The third-order valence-corrected chi connectivity index (χ3v) is 3.34. The van der Waals surface area contributed by atoms with Crippen LogP contribution >= 0.6 is 0 Å². The van der Waals surface area contributed by atoms with Crippen LogP contribution in [0.1, 0.15) is 31.2 Å². The van der Waals surface area contributed by atoms with E-state index in [1.165, 1.54) is 12.1 Å². The maximum atomic E-state index is 12.9. The van der Waals surface area contributed by atoms with Crippen molar-refractivity contribution >= 4 is 5.97 Å². The van der Waals surface area contributed by atoms with E-state index < -0.39 is 11.5 Å². The molecule has 4 heteroatoms. The molecule has 1 saturated heterocycles. The van der Waals surface area contributed by atoms with E-state index in [1.807, 2.05) is 0 Å². The van der Waals surface area contributed by atoms with Gasteiger partial charge < -0.3 is 10.4 Å². The second kappa shape index (κ2) is 4.84. The molecule has 1 aliphatic heterocycles. The van der Waals surface area contributed by atoms with E-state index in [-0.39, 0.29) is 12.2 Å². The fraction of sp³-hybridized carbons (Fsp3) is 0.462. The van der Waals surface area contributed by atoms with Crippen LogP contribution in [0.3, 0.4) is 0 Å². The minimum atomic E-state index is -0.830. The van der Waals surface area contributed by atoms with Gasteiger partial charge in [0, 0.05) is 0 Å². The Morgan fingerprint density at radius 1 is 1.35 bits per heavy atom. The molecule has 0 radical (unpaired) electrons. The van der Waals surface area contributed by atoms with Gasteiger partial charge in [0.05, 0.1) is 12.0 Å². The van der Waals surface area contributed by atoms with Crippen LogP contribution < -0.4 is 5.32 Å². The Morgan fingerprint density at radius 3 is 2.59 bits per heavy atom. The topological polar surface area (TPSA) is 49.3 Å². The second-order valence-electron chi connectivity index (χ2n) is 4.54. The van der Waals surface area contributed by atoms with Crippen molar-refractivity contribution in [2.24, 2.45) is 0 Å². The third kappa shape index (κ3) is 2.64. The Labute approximate surface area is 99.7 Å². The van der Waals surface area contributed by atoms with Crippen LogP contribution in [0.2, 0.25) is 0 Å². The number of carboxylic acid groups (broad SMARTS) is 1. The molecule has 1 fully saturated rings. The molecule has 1 unspecified atom stereocenters. The van der Waals surface area contributed by atoms with Gasteiger partial charge in [-0.1, -0.05) is 12.1 Å². The standard InChI is InChI=1S/C13H16FNO2/c14-11-5-3-10(4-6-11)13(9-12(16)17)7-1-2-8-15-13/h3-6,15H,1-2,7-9H2,(H,16,17). The minimum absolute atomic E-state index is 0.0403. The first-order valence-electron chi connectivity index (χ1n) is 5.85. The number of hydrogen-bond donors (Lipinski definition) is 2. The van der Waals surface area contributed by atoms with E-state index in [4.69, 9.17) is 5.11 Å². The highest BCUT2D eigenvalue weighted by molar-refractivity contribution is 5.69. The number of hydrogen-bond acceptors (Lipinski definition) is 2. The fourth-order valence-corrected chi connectivity index (χ4v) is 2.49. The van der Waals surface area contributed by atoms with Crippen LogP contribution in [-0.2, 0) is 10.3 Å². The van der Waals surface area contributed by atoms with E-state index >= 15 is 0 Å². The summed E-state index contributed by atoms with van der Waals surface area (Å²) in [5, 5.41) is 12.3. The predicted octanol–water partition coefficient (Wildman–Crippen LogP) is 2.27.